The van der Waals surface area contributed by atoms with E-state index in [0.29, 0.717) is 4.90 Å². The van der Waals surface area contributed by atoms with Crippen LogP contribution in [0.3, 0.4) is 0 Å². The van der Waals surface area contributed by atoms with Gasteiger partial charge in [-0.3, -0.25) is 9.88 Å². The van der Waals surface area contributed by atoms with Gasteiger partial charge in [-0.1, -0.05) is 11.6 Å². The van der Waals surface area contributed by atoms with Crippen LogP contribution >= 0.6 is 11.6 Å². The normalized spacial score (nSPS) is 15.7. The second-order valence-electron chi connectivity index (χ2n) is 6.12. The van der Waals surface area contributed by atoms with Crippen LogP contribution in [0.1, 0.15) is 11.3 Å². The van der Waals surface area contributed by atoms with Crippen molar-refractivity contribution in [3.05, 3.63) is 34.7 Å². The summed E-state index contributed by atoms with van der Waals surface area (Å²) in [5.74, 6) is -1.03. The molecule has 2 amide bonds. The van der Waals surface area contributed by atoms with Gasteiger partial charge in [-0.25, -0.2) is 9.78 Å². The maximum absolute atomic E-state index is 13.4. The number of nitriles is 1. The molecule has 0 fully saturated rings. The maximum atomic E-state index is 13.4. The molecular weight excluding hydrogens is 453 g/mol. The number of rotatable bonds is 3. The van der Waals surface area contributed by atoms with Gasteiger partial charge in [0.25, 0.3) is 0 Å². The molecular formula is C17H11ClF5N5O3. The van der Waals surface area contributed by atoms with Gasteiger partial charge < -0.3 is 14.8 Å². The van der Waals surface area contributed by atoms with E-state index in [0.717, 1.165) is 18.5 Å². The van der Waals surface area contributed by atoms with Crippen molar-refractivity contribution in [3.8, 4) is 17.7 Å². The molecule has 164 valence electrons. The topological polar surface area (TPSA) is 100 Å². The second-order valence-corrected chi connectivity index (χ2v) is 6.53. The predicted molar refractivity (Wildman–Crippen MR) is 96.4 cm³/mol. The van der Waals surface area contributed by atoms with Crippen molar-refractivity contribution < 1.29 is 36.2 Å². The minimum absolute atomic E-state index is 0.103. The summed E-state index contributed by atoms with van der Waals surface area (Å²) in [4.78, 5) is 20.9. The number of nitrogens with one attached hydrogen (secondary N) is 1. The van der Waals surface area contributed by atoms with Gasteiger partial charge >= 0.3 is 18.8 Å². The Labute approximate surface area is 176 Å². The van der Waals surface area contributed by atoms with Crippen LogP contribution in [0.25, 0.3) is 0 Å². The number of anilines is 2. The first-order valence-corrected chi connectivity index (χ1v) is 8.71. The fourth-order valence-electron chi connectivity index (χ4n) is 2.68. The Kier molecular flexibility index (Phi) is 6.03. The lowest BCUT2D eigenvalue weighted by molar-refractivity contribution is -0.193. The van der Waals surface area contributed by atoms with Crippen molar-refractivity contribution in [2.75, 3.05) is 16.8 Å². The molecule has 1 aliphatic rings. The molecule has 0 saturated carbocycles. The molecule has 0 aromatic carbocycles. The number of alkyl halides is 5. The van der Waals surface area contributed by atoms with Crippen molar-refractivity contribution in [3.63, 3.8) is 0 Å². The van der Waals surface area contributed by atoms with E-state index >= 15 is 0 Å². The van der Waals surface area contributed by atoms with Gasteiger partial charge in [0.1, 0.15) is 22.3 Å². The molecule has 1 atom stereocenters. The number of carbonyl (C=O) groups excluding carboxylic acids is 1. The summed E-state index contributed by atoms with van der Waals surface area (Å²) < 4.78 is 73.7. The molecule has 3 rings (SSSR count). The van der Waals surface area contributed by atoms with Crippen molar-refractivity contribution in [1.82, 2.24) is 9.97 Å². The van der Waals surface area contributed by atoms with Gasteiger partial charge in [-0.15, -0.1) is 0 Å². The van der Waals surface area contributed by atoms with Crippen LogP contribution in [0.4, 0.5) is 38.1 Å². The lowest BCUT2D eigenvalue weighted by atomic mass is 10.1. The molecule has 2 aromatic heterocycles. The molecule has 0 radical (unpaired) electrons. The van der Waals surface area contributed by atoms with Crippen molar-refractivity contribution in [2.24, 2.45) is 0 Å². The van der Waals surface area contributed by atoms with Crippen molar-refractivity contribution >= 4 is 29.0 Å². The Bertz CT molecular complexity index is 1060. The van der Waals surface area contributed by atoms with E-state index in [-0.39, 0.29) is 27.7 Å². The van der Waals surface area contributed by atoms with Gasteiger partial charge in [0, 0.05) is 0 Å². The van der Waals surface area contributed by atoms with Gasteiger partial charge in [0.2, 0.25) is 12.0 Å². The Morgan fingerprint density at radius 1 is 1.42 bits per heavy atom. The molecule has 14 heteroatoms. The zero-order valence-corrected chi connectivity index (χ0v) is 16.1. The first-order chi connectivity index (χ1) is 14.5. The Morgan fingerprint density at radius 2 is 2.13 bits per heavy atom. The van der Waals surface area contributed by atoms with E-state index in [9.17, 15) is 32.0 Å². The van der Waals surface area contributed by atoms with Gasteiger partial charge in [0.05, 0.1) is 30.3 Å². The van der Waals surface area contributed by atoms with Crippen molar-refractivity contribution in [1.29, 1.82) is 5.26 Å². The van der Waals surface area contributed by atoms with Crippen molar-refractivity contribution in [2.45, 2.75) is 25.8 Å². The third kappa shape index (κ3) is 4.69. The number of amides is 2. The standard InChI is InChI=1S/C17H11ClF5N5O3/c1-7-9(3-24)13-11(5-25-7)28(6-12(30-13)17(21,22)23)16(29)27-8-2-10(18)14(26-4-8)31-15(19)20/h2,4-5,12,15H,6H2,1H3,(H,27,29). The predicted octanol–water partition coefficient (Wildman–Crippen LogP) is 4.27. The second kappa shape index (κ2) is 8.38. The first-order valence-electron chi connectivity index (χ1n) is 8.33. The zero-order chi connectivity index (χ0) is 22.9. The third-order valence-corrected chi connectivity index (χ3v) is 4.35. The Hall–Kier alpha value is -3.40. The average Bonchev–Trinajstić information content (AvgIpc) is 2.68. The number of hydrogen-bond donors (Lipinski definition) is 1. The molecule has 0 saturated heterocycles. The summed E-state index contributed by atoms with van der Waals surface area (Å²) in [6.45, 7) is -2.70. The molecule has 2 aromatic rings. The van der Waals surface area contributed by atoms with E-state index in [1.807, 2.05) is 0 Å². The van der Waals surface area contributed by atoms with E-state index in [2.05, 4.69) is 20.0 Å². The van der Waals surface area contributed by atoms with Crippen LogP contribution in [0.2, 0.25) is 5.02 Å². The number of halogens is 6. The Morgan fingerprint density at radius 3 is 2.71 bits per heavy atom. The van der Waals surface area contributed by atoms with Gasteiger partial charge in [-0.2, -0.15) is 27.2 Å². The summed E-state index contributed by atoms with van der Waals surface area (Å²) in [6.07, 6.45) is -5.21. The smallest absolute Gasteiger partial charge is 0.427 e. The van der Waals surface area contributed by atoms with Gasteiger partial charge in [0.15, 0.2) is 5.75 Å². The summed E-state index contributed by atoms with van der Waals surface area (Å²) in [6, 6.07) is 1.70. The fourth-order valence-corrected chi connectivity index (χ4v) is 2.89. The highest BCUT2D eigenvalue weighted by atomic mass is 35.5. The highest BCUT2D eigenvalue weighted by molar-refractivity contribution is 6.32. The highest BCUT2D eigenvalue weighted by Gasteiger charge is 2.47. The van der Waals surface area contributed by atoms with E-state index < -0.39 is 43.1 Å². The molecule has 1 unspecified atom stereocenters. The monoisotopic (exact) mass is 463 g/mol. The van der Waals surface area contributed by atoms with E-state index in [4.69, 9.17) is 16.3 Å². The average molecular weight is 464 g/mol. The largest absolute Gasteiger partial charge is 0.475 e. The molecule has 8 nitrogen and oxygen atoms in total. The van der Waals surface area contributed by atoms with Crippen LogP contribution in [0, 0.1) is 18.3 Å². The molecule has 1 N–H and O–H groups in total. The van der Waals surface area contributed by atoms with E-state index in [1.165, 1.54) is 6.92 Å². The maximum Gasteiger partial charge on any atom is 0.427 e. The quantitative estimate of drug-likeness (QED) is 0.682. The molecule has 3 heterocycles. The van der Waals surface area contributed by atoms with Crippen LogP contribution in [-0.4, -0.2) is 41.4 Å². The summed E-state index contributed by atoms with van der Waals surface area (Å²) in [7, 11) is 0. The number of aryl methyl sites for hydroxylation is 1. The number of aromatic nitrogens is 2. The number of urea groups is 1. The SMILES string of the molecule is Cc1ncc2c(c1C#N)OC(C(F)(F)F)CN2C(=O)Nc1cnc(OC(F)F)c(Cl)c1. The molecule has 0 aliphatic carbocycles. The molecule has 0 bridgehead atoms. The number of hydrogen-bond acceptors (Lipinski definition) is 6. The summed E-state index contributed by atoms with van der Waals surface area (Å²) in [5, 5.41) is 11.2. The molecule has 0 spiro atoms. The van der Waals surface area contributed by atoms with Crippen LogP contribution in [0.15, 0.2) is 18.5 Å². The highest BCUT2D eigenvalue weighted by Crippen LogP contribution is 2.40. The number of pyridine rings is 2. The molecule has 1 aliphatic heterocycles. The van der Waals surface area contributed by atoms with Crippen LogP contribution in [0.5, 0.6) is 11.6 Å². The number of nitrogens with zero attached hydrogens (tertiary/aromatic N) is 4. The summed E-state index contributed by atoms with van der Waals surface area (Å²) >= 11 is 5.76. The lowest BCUT2D eigenvalue weighted by Crippen LogP contribution is -2.51. The minimum Gasteiger partial charge on any atom is -0.475 e. The number of ether oxygens (including phenoxy) is 2. The fraction of sp³-hybridized carbons (Fsp3) is 0.294. The Balaban J connectivity index is 1.93. The van der Waals surface area contributed by atoms with Crippen LogP contribution in [-0.2, 0) is 0 Å². The van der Waals surface area contributed by atoms with E-state index in [1.54, 1.807) is 6.07 Å². The number of carbonyl (C=O) groups is 1. The van der Waals surface area contributed by atoms with Crippen LogP contribution < -0.4 is 19.7 Å². The van der Waals surface area contributed by atoms with Gasteiger partial charge in [-0.05, 0) is 13.0 Å². The summed E-state index contributed by atoms with van der Waals surface area (Å²) in [5.41, 5.74) is -0.386. The lowest BCUT2D eigenvalue weighted by Gasteiger charge is -2.35. The zero-order valence-electron chi connectivity index (χ0n) is 15.4. The molecule has 31 heavy (non-hydrogen) atoms. The number of fused-ring (bicyclic) bond motifs is 1. The first kappa shape index (κ1) is 22.3. The third-order valence-electron chi connectivity index (χ3n) is 4.08. The minimum atomic E-state index is -4.83.